The number of carbonyl (C=O) groups is 2. The zero-order valence-corrected chi connectivity index (χ0v) is 18.1. The highest BCUT2D eigenvalue weighted by atomic mass is 16.3. The van der Waals surface area contributed by atoms with Crippen LogP contribution >= 0.6 is 0 Å². The highest BCUT2D eigenvalue weighted by Gasteiger charge is 2.33. The number of Topliss-reactive ketones (excluding diaryl/α,β-unsaturated/α-hetero) is 1. The number of hydrogen-bond acceptors (Lipinski definition) is 3. The first-order chi connectivity index (χ1) is 12.9. The smallest absolute Gasteiger partial charge is 0.261 e. The van der Waals surface area contributed by atoms with E-state index in [2.05, 4.69) is 20.8 Å². The van der Waals surface area contributed by atoms with Crippen LogP contribution in [0.2, 0.25) is 0 Å². The van der Waals surface area contributed by atoms with Gasteiger partial charge in [0.2, 0.25) is 0 Å². The van der Waals surface area contributed by atoms with Crippen molar-refractivity contribution in [3.8, 4) is 0 Å². The van der Waals surface area contributed by atoms with E-state index in [0.29, 0.717) is 6.42 Å². The van der Waals surface area contributed by atoms with E-state index in [1.54, 1.807) is 7.05 Å². The molecular weight excluding hydrogens is 338 g/mol. The number of aliphatic hydroxyl groups excluding tert-OH is 1. The first-order valence-electron chi connectivity index (χ1n) is 11.1. The molecule has 1 amide bonds. The minimum absolute atomic E-state index is 0.0131. The van der Waals surface area contributed by atoms with Gasteiger partial charge >= 0.3 is 0 Å². The van der Waals surface area contributed by atoms with E-state index < -0.39 is 0 Å². The van der Waals surface area contributed by atoms with E-state index >= 15 is 0 Å². The molecule has 1 saturated heterocycles. The van der Waals surface area contributed by atoms with Crippen molar-refractivity contribution < 1.29 is 14.7 Å². The first kappa shape index (κ1) is 23.7. The number of carbonyl (C=O) groups excluding carboxylic acids is 2. The molecule has 0 aromatic carbocycles. The van der Waals surface area contributed by atoms with Gasteiger partial charge in [-0.15, -0.1) is 0 Å². The second-order valence-electron chi connectivity index (χ2n) is 8.63. The summed E-state index contributed by atoms with van der Waals surface area (Å²) in [6.07, 6.45) is 14.1. The Labute approximate surface area is 166 Å². The molecule has 0 aromatic rings. The lowest BCUT2D eigenvalue weighted by Gasteiger charge is -2.15. The van der Waals surface area contributed by atoms with Crippen LogP contribution in [0.4, 0.5) is 0 Å². The molecule has 0 aliphatic carbocycles. The van der Waals surface area contributed by atoms with Crippen molar-refractivity contribution in [3.63, 3.8) is 0 Å². The Balaban J connectivity index is 2.01. The standard InChI is InChI=1S/C23H41NO3/c1-5-18(2)16-19(3)14-12-10-8-6-7-9-11-13-15-20(25)22-21(26)17-24(4)23(22)27/h18-19,25H,5-17H2,1-4H3. The number of nitrogens with zero attached hydrogens (tertiary/aromatic N) is 1. The minimum Gasteiger partial charge on any atom is -0.511 e. The van der Waals surface area contributed by atoms with E-state index in [4.69, 9.17) is 0 Å². The van der Waals surface area contributed by atoms with Crippen LogP contribution in [0.15, 0.2) is 11.3 Å². The van der Waals surface area contributed by atoms with Gasteiger partial charge in [-0.25, -0.2) is 0 Å². The Morgan fingerprint density at radius 1 is 0.963 bits per heavy atom. The third-order valence-corrected chi connectivity index (χ3v) is 5.87. The third kappa shape index (κ3) is 8.94. The SMILES string of the molecule is CCC(C)CC(C)CCCCCCCCCCC(O)=C1C(=O)CN(C)C1=O. The lowest BCUT2D eigenvalue weighted by atomic mass is 9.91. The predicted molar refractivity (Wildman–Crippen MR) is 112 cm³/mol. The van der Waals surface area contributed by atoms with Crippen molar-refractivity contribution in [2.75, 3.05) is 13.6 Å². The molecule has 27 heavy (non-hydrogen) atoms. The number of aliphatic hydroxyl groups is 1. The lowest BCUT2D eigenvalue weighted by molar-refractivity contribution is -0.123. The first-order valence-corrected chi connectivity index (χ1v) is 11.1. The Bertz CT molecular complexity index is 498. The zero-order chi connectivity index (χ0) is 20.2. The highest BCUT2D eigenvalue weighted by molar-refractivity contribution is 6.25. The molecule has 1 heterocycles. The fraction of sp³-hybridized carbons (Fsp3) is 0.826. The topological polar surface area (TPSA) is 57.6 Å². The molecule has 1 aliphatic rings. The highest BCUT2D eigenvalue weighted by Crippen LogP contribution is 2.21. The van der Waals surface area contributed by atoms with Gasteiger partial charge in [0.1, 0.15) is 11.3 Å². The van der Waals surface area contributed by atoms with Crippen LogP contribution in [0, 0.1) is 11.8 Å². The Morgan fingerprint density at radius 3 is 2.04 bits per heavy atom. The summed E-state index contributed by atoms with van der Waals surface area (Å²) in [6, 6.07) is 0. The van der Waals surface area contributed by atoms with Crippen molar-refractivity contribution in [1.29, 1.82) is 0 Å². The quantitative estimate of drug-likeness (QED) is 0.179. The van der Waals surface area contributed by atoms with Gasteiger partial charge in [-0.05, 0) is 24.7 Å². The summed E-state index contributed by atoms with van der Waals surface area (Å²) in [5.74, 6) is 1.12. The van der Waals surface area contributed by atoms with Crippen LogP contribution in [0.3, 0.4) is 0 Å². The van der Waals surface area contributed by atoms with Gasteiger partial charge in [-0.2, -0.15) is 0 Å². The maximum Gasteiger partial charge on any atom is 0.261 e. The van der Waals surface area contributed by atoms with Crippen molar-refractivity contribution in [1.82, 2.24) is 4.90 Å². The molecule has 0 aromatic heterocycles. The molecule has 1 aliphatic heterocycles. The van der Waals surface area contributed by atoms with Gasteiger partial charge in [0.15, 0.2) is 5.78 Å². The molecule has 156 valence electrons. The number of amides is 1. The van der Waals surface area contributed by atoms with Crippen molar-refractivity contribution >= 4 is 11.7 Å². The summed E-state index contributed by atoms with van der Waals surface area (Å²) in [6.45, 7) is 7.12. The van der Waals surface area contributed by atoms with Crippen molar-refractivity contribution in [3.05, 3.63) is 11.3 Å². The maximum atomic E-state index is 11.8. The van der Waals surface area contributed by atoms with Gasteiger partial charge in [-0.3, -0.25) is 9.59 Å². The molecule has 2 atom stereocenters. The fourth-order valence-corrected chi connectivity index (χ4v) is 3.90. The van der Waals surface area contributed by atoms with E-state index in [1.807, 2.05) is 0 Å². The van der Waals surface area contributed by atoms with Crippen LogP contribution in [0.1, 0.15) is 97.8 Å². The van der Waals surface area contributed by atoms with Crippen molar-refractivity contribution in [2.45, 2.75) is 97.8 Å². The molecular formula is C23H41NO3. The molecule has 4 heteroatoms. The third-order valence-electron chi connectivity index (χ3n) is 5.87. The second kappa shape index (κ2) is 13.0. The molecule has 0 saturated carbocycles. The number of likely N-dealkylation sites (N-methyl/N-ethyl adjacent to an activating group) is 1. The number of rotatable bonds is 14. The number of allylic oxidation sites excluding steroid dienone is 1. The summed E-state index contributed by atoms with van der Waals surface area (Å²) in [7, 11) is 1.59. The van der Waals surface area contributed by atoms with Crippen LogP contribution in [-0.4, -0.2) is 35.3 Å². The molecule has 0 radical (unpaired) electrons. The van der Waals surface area contributed by atoms with E-state index in [-0.39, 0.29) is 29.6 Å². The molecule has 0 spiro atoms. The summed E-state index contributed by atoms with van der Waals surface area (Å²) in [5.41, 5.74) is 0.0139. The Hall–Kier alpha value is -1.32. The largest absolute Gasteiger partial charge is 0.511 e. The lowest BCUT2D eigenvalue weighted by Crippen LogP contribution is -2.19. The van der Waals surface area contributed by atoms with Crippen LogP contribution in [-0.2, 0) is 9.59 Å². The Morgan fingerprint density at radius 2 is 1.52 bits per heavy atom. The molecule has 2 unspecified atom stereocenters. The molecule has 4 nitrogen and oxygen atoms in total. The number of unbranched alkanes of at least 4 members (excludes halogenated alkanes) is 7. The average Bonchev–Trinajstić information content (AvgIpc) is 2.88. The van der Waals surface area contributed by atoms with E-state index in [1.165, 1.54) is 56.3 Å². The normalized spacial score (nSPS) is 18.9. The zero-order valence-electron chi connectivity index (χ0n) is 18.1. The summed E-state index contributed by atoms with van der Waals surface area (Å²) < 4.78 is 0. The number of likely N-dealkylation sites (tertiary alicyclic amines) is 1. The predicted octanol–water partition coefficient (Wildman–Crippen LogP) is 5.81. The van der Waals surface area contributed by atoms with E-state index in [9.17, 15) is 14.7 Å². The van der Waals surface area contributed by atoms with Gasteiger partial charge < -0.3 is 10.0 Å². The number of hydrogen-bond donors (Lipinski definition) is 1. The molecule has 1 fully saturated rings. The van der Waals surface area contributed by atoms with E-state index in [0.717, 1.165) is 31.1 Å². The van der Waals surface area contributed by atoms with Gasteiger partial charge in [-0.1, -0.05) is 78.6 Å². The maximum absolute atomic E-state index is 11.8. The second-order valence-corrected chi connectivity index (χ2v) is 8.63. The van der Waals surface area contributed by atoms with Crippen LogP contribution in [0.25, 0.3) is 0 Å². The number of ketones is 1. The van der Waals surface area contributed by atoms with Crippen molar-refractivity contribution in [2.24, 2.45) is 11.8 Å². The van der Waals surface area contributed by atoms with Crippen LogP contribution in [0.5, 0.6) is 0 Å². The Kier molecular flexibility index (Phi) is 11.4. The fourth-order valence-electron chi connectivity index (χ4n) is 3.90. The van der Waals surface area contributed by atoms with Gasteiger partial charge in [0, 0.05) is 13.5 Å². The molecule has 1 N–H and O–H groups in total. The van der Waals surface area contributed by atoms with Gasteiger partial charge in [0.05, 0.1) is 6.54 Å². The summed E-state index contributed by atoms with van der Waals surface area (Å²) >= 11 is 0. The summed E-state index contributed by atoms with van der Waals surface area (Å²) in [5, 5.41) is 10.0. The average molecular weight is 380 g/mol. The van der Waals surface area contributed by atoms with Crippen LogP contribution < -0.4 is 0 Å². The monoisotopic (exact) mass is 379 g/mol. The molecule has 1 rings (SSSR count). The van der Waals surface area contributed by atoms with Gasteiger partial charge in [0.25, 0.3) is 5.91 Å². The summed E-state index contributed by atoms with van der Waals surface area (Å²) in [4.78, 5) is 24.9. The molecule has 0 bridgehead atoms. The minimum atomic E-state index is -0.337.